The zero-order valence-corrected chi connectivity index (χ0v) is 26.0. The van der Waals surface area contributed by atoms with E-state index < -0.39 is 58.3 Å². The second-order valence-electron chi connectivity index (χ2n) is 13.4. The van der Waals surface area contributed by atoms with Gasteiger partial charge >= 0.3 is 21.2 Å². The average molecular weight is 665 g/mol. The molecule has 4 aliphatic carbocycles. The third kappa shape index (κ3) is 6.24. The summed E-state index contributed by atoms with van der Waals surface area (Å²) in [5.74, 6) is -0.819. The highest BCUT2D eigenvalue weighted by molar-refractivity contribution is 7.70. The first-order valence-electron chi connectivity index (χ1n) is 13.9. The number of hydrogen-bond donors (Lipinski definition) is 7. The number of aliphatic hydroxyl groups excluding tert-OH is 2. The quantitative estimate of drug-likeness (QED) is 0.159. The largest absolute Gasteiger partial charge is 0.387 e. The zero-order chi connectivity index (χ0) is 31.2. The summed E-state index contributed by atoms with van der Waals surface area (Å²) in [6, 6.07) is -0.451. The number of anilines is 1. The molecule has 0 radical (unpaired) electrons. The molecule has 1 unspecified atom stereocenters. The second kappa shape index (κ2) is 10.4. The van der Waals surface area contributed by atoms with Crippen molar-refractivity contribution in [3.8, 4) is 0 Å². The number of amides is 2. The van der Waals surface area contributed by atoms with Crippen LogP contribution in [0.2, 0.25) is 5.28 Å². The van der Waals surface area contributed by atoms with E-state index >= 15 is 0 Å². The van der Waals surface area contributed by atoms with Crippen LogP contribution in [0, 0.1) is 16.7 Å². The first-order chi connectivity index (χ1) is 19.9. The number of halogens is 1. The predicted octanol–water partition coefficient (Wildman–Crippen LogP) is 2.31. The molecule has 0 spiro atoms. The Morgan fingerprint density at radius 2 is 1.79 bits per heavy atom. The molecule has 16 nitrogen and oxygen atoms in total. The Kier molecular flexibility index (Phi) is 7.57. The van der Waals surface area contributed by atoms with Gasteiger partial charge in [0, 0.05) is 5.54 Å². The van der Waals surface area contributed by atoms with Crippen molar-refractivity contribution in [3.63, 3.8) is 0 Å². The SMILES string of the molecule is C[C@]12C[C@@H]3C[C@](C)(C1)C[C@@](NC(=O)Nc1nc(Cl)nc4c1ncn4[C@@H]1O[C@H](COP(=O)(O)CP(=O)(O)O)[C@H](O)[C@@H]1O)(C3)C2. The van der Waals surface area contributed by atoms with E-state index in [1.165, 1.54) is 23.7 Å². The van der Waals surface area contributed by atoms with Crippen LogP contribution in [0.5, 0.6) is 0 Å². The summed E-state index contributed by atoms with van der Waals surface area (Å²) in [4.78, 5) is 53.6. The number of carbonyl (C=O) groups is 1. The van der Waals surface area contributed by atoms with Crippen molar-refractivity contribution in [2.24, 2.45) is 16.7 Å². The highest BCUT2D eigenvalue weighted by atomic mass is 35.5. The van der Waals surface area contributed by atoms with Crippen LogP contribution in [-0.2, 0) is 18.4 Å². The number of imidazole rings is 1. The molecule has 5 fully saturated rings. The lowest BCUT2D eigenvalue weighted by Crippen LogP contribution is -2.65. The van der Waals surface area contributed by atoms with Crippen molar-refractivity contribution in [3.05, 3.63) is 11.6 Å². The van der Waals surface area contributed by atoms with Gasteiger partial charge < -0.3 is 39.5 Å². The number of rotatable bonds is 8. The summed E-state index contributed by atoms with van der Waals surface area (Å²) in [6.45, 7) is 3.86. The molecule has 1 saturated heterocycles. The molecule has 43 heavy (non-hydrogen) atoms. The van der Waals surface area contributed by atoms with Crippen LogP contribution in [0.3, 0.4) is 0 Å². The molecular formula is C24H35ClN6O10P2. The topological polar surface area (TPSA) is 238 Å². The summed E-state index contributed by atoms with van der Waals surface area (Å²) in [7, 11) is -9.59. The Morgan fingerprint density at radius 1 is 1.12 bits per heavy atom. The fraction of sp³-hybridized carbons (Fsp3) is 0.750. The van der Waals surface area contributed by atoms with Gasteiger partial charge in [0.05, 0.1) is 12.9 Å². The van der Waals surface area contributed by atoms with Crippen LogP contribution in [0.4, 0.5) is 10.6 Å². The smallest absolute Gasteiger partial charge is 0.340 e. The minimum atomic E-state index is -4.86. The van der Waals surface area contributed by atoms with Crippen molar-refractivity contribution in [2.45, 2.75) is 82.5 Å². The van der Waals surface area contributed by atoms with E-state index in [0.717, 1.165) is 25.7 Å². The maximum atomic E-state index is 13.3. The summed E-state index contributed by atoms with van der Waals surface area (Å²) >= 11 is 6.20. The van der Waals surface area contributed by atoms with Crippen LogP contribution >= 0.6 is 26.8 Å². The maximum Gasteiger partial charge on any atom is 0.340 e. The van der Waals surface area contributed by atoms with Crippen LogP contribution in [0.25, 0.3) is 11.2 Å². The highest BCUT2D eigenvalue weighted by Gasteiger charge is 2.60. The Labute approximate surface area is 251 Å². The molecule has 0 aromatic carbocycles. The molecule has 1 aliphatic heterocycles. The van der Waals surface area contributed by atoms with Gasteiger partial charge in [-0.05, 0) is 66.9 Å². The number of hydrogen-bond acceptors (Lipinski definition) is 10. The van der Waals surface area contributed by atoms with Crippen LogP contribution < -0.4 is 10.6 Å². The summed E-state index contributed by atoms with van der Waals surface area (Å²) < 4.78 is 34.8. The Hall–Kier alpha value is -1.71. The van der Waals surface area contributed by atoms with E-state index in [0.29, 0.717) is 5.92 Å². The lowest BCUT2D eigenvalue weighted by atomic mass is 9.43. The molecule has 7 rings (SSSR count). The number of ether oxygens (including phenoxy) is 1. The molecule has 2 aromatic heterocycles. The van der Waals surface area contributed by atoms with E-state index in [4.69, 9.17) is 30.6 Å². The summed E-state index contributed by atoms with van der Waals surface area (Å²) in [5.41, 5.74) is 0.262. The third-order valence-corrected chi connectivity index (χ3v) is 12.7. The van der Waals surface area contributed by atoms with Gasteiger partial charge in [0.25, 0.3) is 0 Å². The Bertz CT molecular complexity index is 1540. The van der Waals surface area contributed by atoms with E-state index in [1.54, 1.807) is 0 Å². The fourth-order valence-electron chi connectivity index (χ4n) is 8.69. The molecule has 2 aromatic rings. The summed E-state index contributed by atoms with van der Waals surface area (Å²) in [6.07, 6.45) is 1.64. The van der Waals surface area contributed by atoms with Crippen molar-refractivity contribution in [2.75, 3.05) is 17.8 Å². The molecule has 3 heterocycles. The summed E-state index contributed by atoms with van der Waals surface area (Å²) in [5, 5.41) is 27.0. The van der Waals surface area contributed by atoms with Gasteiger partial charge in [0.2, 0.25) is 5.28 Å². The van der Waals surface area contributed by atoms with E-state index in [9.17, 15) is 29.0 Å². The average Bonchev–Trinajstić information content (AvgIpc) is 3.34. The molecule has 4 saturated carbocycles. The Balaban J connectivity index is 1.18. The van der Waals surface area contributed by atoms with Gasteiger partial charge in [-0.2, -0.15) is 9.97 Å². The fourth-order valence-corrected chi connectivity index (χ4v) is 11.4. The van der Waals surface area contributed by atoms with Gasteiger partial charge in [-0.15, -0.1) is 0 Å². The minimum absolute atomic E-state index is 0.0278. The van der Waals surface area contributed by atoms with E-state index in [2.05, 4.69) is 39.4 Å². The van der Waals surface area contributed by atoms with Crippen molar-refractivity contribution in [1.82, 2.24) is 24.8 Å². The first-order valence-corrected chi connectivity index (χ1v) is 17.8. The Morgan fingerprint density at radius 3 is 2.42 bits per heavy atom. The van der Waals surface area contributed by atoms with Gasteiger partial charge in [0.15, 0.2) is 29.1 Å². The lowest BCUT2D eigenvalue weighted by Gasteiger charge is -2.65. The number of nitrogens with zero attached hydrogens (tertiary/aromatic N) is 4. The normalized spacial score (nSPS) is 38.4. The second-order valence-corrected chi connectivity index (χ2v) is 17.8. The van der Waals surface area contributed by atoms with Gasteiger partial charge in [-0.25, -0.2) is 9.78 Å². The predicted molar refractivity (Wildman–Crippen MR) is 151 cm³/mol. The molecule has 7 N–H and O–H groups in total. The molecule has 238 valence electrons. The van der Waals surface area contributed by atoms with Gasteiger partial charge in [-0.1, -0.05) is 13.8 Å². The van der Waals surface area contributed by atoms with Crippen molar-refractivity contribution < 1.29 is 48.1 Å². The number of nitrogens with one attached hydrogen (secondary N) is 2. The number of aliphatic hydroxyl groups is 2. The number of fused-ring (bicyclic) bond motifs is 1. The van der Waals surface area contributed by atoms with E-state index in [1.807, 2.05) is 0 Å². The van der Waals surface area contributed by atoms with Gasteiger partial charge in [0.1, 0.15) is 18.3 Å². The lowest BCUT2D eigenvalue weighted by molar-refractivity contribution is -0.113. The van der Waals surface area contributed by atoms with Crippen LogP contribution in [-0.4, -0.2) is 86.8 Å². The number of aromatic nitrogens is 4. The number of carbonyl (C=O) groups excluding carboxylic acids is 1. The van der Waals surface area contributed by atoms with E-state index in [-0.39, 0.29) is 38.6 Å². The maximum absolute atomic E-state index is 13.3. The molecule has 4 bridgehead atoms. The zero-order valence-electron chi connectivity index (χ0n) is 23.5. The molecule has 19 heteroatoms. The molecular weight excluding hydrogens is 630 g/mol. The molecule has 2 amide bonds. The van der Waals surface area contributed by atoms with Gasteiger partial charge in [-0.3, -0.25) is 19.0 Å². The highest BCUT2D eigenvalue weighted by Crippen LogP contribution is 2.66. The molecule has 5 aliphatic rings. The monoisotopic (exact) mass is 664 g/mol. The minimum Gasteiger partial charge on any atom is -0.387 e. The number of urea groups is 1. The third-order valence-electron chi connectivity index (χ3n) is 9.05. The van der Waals surface area contributed by atoms with Crippen LogP contribution in [0.1, 0.15) is 58.6 Å². The van der Waals surface area contributed by atoms with Crippen molar-refractivity contribution >= 4 is 49.8 Å². The molecule has 9 atom stereocenters. The van der Waals surface area contributed by atoms with Crippen molar-refractivity contribution in [1.29, 1.82) is 0 Å². The standard InChI is InChI=1S/C24H35ClN6O10P2/c1-22-3-12-4-23(2,7-22)9-24(5-12,8-22)30-21(34)28-17-14-18(29-20(25)27-17)31(10-26-14)19-16(33)15(32)13(41-19)6-40-43(38,39)11-42(35,36)37/h10,12-13,15-16,19,32-33H,3-9,11H2,1-2H3,(H,38,39)(H2,35,36,37)(H2,27,28,29,30,34)/t12-,13-,15+,16+,19-,22+,23-,24-/m1/s1. The van der Waals surface area contributed by atoms with Crippen LogP contribution in [0.15, 0.2) is 6.33 Å². The first kappa shape index (κ1) is 31.3.